The summed E-state index contributed by atoms with van der Waals surface area (Å²) in [4.78, 5) is 38.9. The molecule has 0 aliphatic heterocycles. The van der Waals surface area contributed by atoms with Gasteiger partial charge in [0.25, 0.3) is 11.5 Å². The number of pyridine rings is 2. The lowest BCUT2D eigenvalue weighted by atomic mass is 10.2. The van der Waals surface area contributed by atoms with E-state index in [-0.39, 0.29) is 11.5 Å². The van der Waals surface area contributed by atoms with Crippen LogP contribution in [0.15, 0.2) is 65.7 Å². The summed E-state index contributed by atoms with van der Waals surface area (Å²) < 4.78 is 0. The van der Waals surface area contributed by atoms with Gasteiger partial charge in [0, 0.05) is 30.1 Å². The highest BCUT2D eigenvalue weighted by atomic mass is 16.1. The predicted octanol–water partition coefficient (Wildman–Crippen LogP) is 2.29. The highest BCUT2D eigenvalue weighted by Crippen LogP contribution is 2.21. The normalized spacial score (nSPS) is 10.8. The Bertz CT molecular complexity index is 1150. The molecule has 0 aliphatic rings. The van der Waals surface area contributed by atoms with E-state index in [1.807, 2.05) is 30.3 Å². The number of hydrogen-bond donors (Lipinski definition) is 3. The Balaban J connectivity index is 1.54. The maximum Gasteiger partial charge on any atom is 0.253 e. The monoisotopic (exact) mass is 359 g/mol. The number of fused-ring (bicyclic) bond motifs is 1. The summed E-state index contributed by atoms with van der Waals surface area (Å²) >= 11 is 0. The molecule has 7 nitrogen and oxygen atoms in total. The van der Waals surface area contributed by atoms with Crippen LogP contribution in [-0.4, -0.2) is 32.4 Å². The van der Waals surface area contributed by atoms with Crippen LogP contribution in [0.3, 0.4) is 0 Å². The Morgan fingerprint density at radius 1 is 1.07 bits per heavy atom. The van der Waals surface area contributed by atoms with Crippen LogP contribution < -0.4 is 10.9 Å². The summed E-state index contributed by atoms with van der Waals surface area (Å²) in [6.45, 7) is 0.353. The van der Waals surface area contributed by atoms with Crippen molar-refractivity contribution >= 4 is 17.1 Å². The molecule has 1 amide bonds. The third-order valence-electron chi connectivity index (χ3n) is 4.26. The van der Waals surface area contributed by atoms with Crippen molar-refractivity contribution in [1.82, 2.24) is 25.3 Å². The molecule has 0 aliphatic carbocycles. The summed E-state index contributed by atoms with van der Waals surface area (Å²) in [6.07, 6.45) is 3.61. The second-order valence-corrected chi connectivity index (χ2v) is 6.04. The van der Waals surface area contributed by atoms with Gasteiger partial charge in [-0.3, -0.25) is 9.59 Å². The molecule has 3 aromatic heterocycles. The number of imidazole rings is 1. The summed E-state index contributed by atoms with van der Waals surface area (Å²) in [5.41, 5.74) is 2.93. The van der Waals surface area contributed by atoms with E-state index in [1.165, 1.54) is 0 Å². The molecule has 134 valence electrons. The van der Waals surface area contributed by atoms with Gasteiger partial charge in [0.15, 0.2) is 5.65 Å². The molecule has 3 N–H and O–H groups in total. The third-order valence-corrected chi connectivity index (χ3v) is 4.26. The van der Waals surface area contributed by atoms with Crippen LogP contribution in [0.25, 0.3) is 22.6 Å². The van der Waals surface area contributed by atoms with E-state index in [2.05, 4.69) is 25.3 Å². The smallest absolute Gasteiger partial charge is 0.253 e. The number of nitrogens with one attached hydrogen (secondary N) is 3. The first kappa shape index (κ1) is 16.7. The Labute approximate surface area is 154 Å². The highest BCUT2D eigenvalue weighted by molar-refractivity contribution is 6.04. The van der Waals surface area contributed by atoms with Gasteiger partial charge < -0.3 is 15.3 Å². The molecule has 0 unspecified atom stereocenters. The first-order valence-electron chi connectivity index (χ1n) is 8.57. The number of hydrogen-bond acceptors (Lipinski definition) is 4. The van der Waals surface area contributed by atoms with Crippen molar-refractivity contribution in [2.24, 2.45) is 0 Å². The second kappa shape index (κ2) is 7.25. The minimum absolute atomic E-state index is 0.141. The number of benzene rings is 1. The molecule has 0 atom stereocenters. The van der Waals surface area contributed by atoms with Crippen molar-refractivity contribution in [2.75, 3.05) is 6.54 Å². The molecule has 0 saturated heterocycles. The van der Waals surface area contributed by atoms with Crippen LogP contribution in [0.4, 0.5) is 0 Å². The Kier molecular flexibility index (Phi) is 4.49. The van der Waals surface area contributed by atoms with E-state index < -0.39 is 0 Å². The summed E-state index contributed by atoms with van der Waals surface area (Å²) in [6, 6.07) is 14.8. The van der Waals surface area contributed by atoms with Crippen molar-refractivity contribution in [2.45, 2.75) is 6.42 Å². The molecule has 4 aromatic rings. The fraction of sp³-hybridized carbons (Fsp3) is 0.100. The number of aromatic amines is 2. The van der Waals surface area contributed by atoms with E-state index in [0.29, 0.717) is 41.1 Å². The van der Waals surface area contributed by atoms with Crippen LogP contribution >= 0.6 is 0 Å². The summed E-state index contributed by atoms with van der Waals surface area (Å²) in [7, 11) is 0. The lowest BCUT2D eigenvalue weighted by Crippen LogP contribution is -2.27. The van der Waals surface area contributed by atoms with Gasteiger partial charge in [-0.15, -0.1) is 0 Å². The Morgan fingerprint density at radius 3 is 2.74 bits per heavy atom. The maximum absolute atomic E-state index is 12.6. The number of aromatic nitrogens is 4. The number of H-pyrrole nitrogens is 2. The van der Waals surface area contributed by atoms with E-state index in [4.69, 9.17) is 0 Å². The van der Waals surface area contributed by atoms with Crippen LogP contribution in [0.5, 0.6) is 0 Å². The van der Waals surface area contributed by atoms with Gasteiger partial charge in [0.2, 0.25) is 0 Å². The largest absolute Gasteiger partial charge is 0.352 e. The molecule has 0 bridgehead atoms. The van der Waals surface area contributed by atoms with Gasteiger partial charge in [0.05, 0.1) is 5.56 Å². The number of nitrogens with zero attached hydrogens (tertiary/aromatic N) is 2. The van der Waals surface area contributed by atoms with Gasteiger partial charge in [-0.05, 0) is 18.6 Å². The van der Waals surface area contributed by atoms with E-state index in [9.17, 15) is 9.59 Å². The zero-order chi connectivity index (χ0) is 18.6. The van der Waals surface area contributed by atoms with Gasteiger partial charge >= 0.3 is 0 Å². The molecule has 0 fully saturated rings. The quantitative estimate of drug-likeness (QED) is 0.508. The topological polar surface area (TPSA) is 104 Å². The van der Waals surface area contributed by atoms with E-state index in [0.717, 1.165) is 5.56 Å². The number of carbonyl (C=O) groups excluding carboxylic acids is 1. The zero-order valence-corrected chi connectivity index (χ0v) is 14.4. The lowest BCUT2D eigenvalue weighted by molar-refractivity contribution is 0.0955. The van der Waals surface area contributed by atoms with Gasteiger partial charge in [-0.2, -0.15) is 0 Å². The molecule has 4 rings (SSSR count). The van der Waals surface area contributed by atoms with Crippen LogP contribution in [0.1, 0.15) is 15.9 Å². The van der Waals surface area contributed by atoms with Crippen molar-refractivity contribution in [1.29, 1.82) is 0 Å². The molecule has 27 heavy (non-hydrogen) atoms. The van der Waals surface area contributed by atoms with Crippen molar-refractivity contribution in [3.05, 3.63) is 82.4 Å². The summed E-state index contributed by atoms with van der Waals surface area (Å²) in [5, 5.41) is 2.84. The van der Waals surface area contributed by atoms with Gasteiger partial charge in [0.1, 0.15) is 11.3 Å². The molecular weight excluding hydrogens is 342 g/mol. The predicted molar refractivity (Wildman–Crippen MR) is 102 cm³/mol. The summed E-state index contributed by atoms with van der Waals surface area (Å²) in [5.74, 6) is 0.412. The molecule has 1 aromatic carbocycles. The van der Waals surface area contributed by atoms with Crippen molar-refractivity contribution in [3.8, 4) is 11.4 Å². The average molecular weight is 359 g/mol. The number of carbonyl (C=O) groups is 1. The van der Waals surface area contributed by atoms with Crippen molar-refractivity contribution in [3.63, 3.8) is 0 Å². The Morgan fingerprint density at radius 2 is 1.93 bits per heavy atom. The highest BCUT2D eigenvalue weighted by Gasteiger charge is 2.15. The minimum atomic E-state index is -0.249. The van der Waals surface area contributed by atoms with E-state index in [1.54, 1.807) is 30.6 Å². The number of rotatable bonds is 5. The first-order valence-corrected chi connectivity index (χ1v) is 8.57. The first-order chi connectivity index (χ1) is 13.2. The molecule has 7 heteroatoms. The molecular formula is C20H17N5O2. The zero-order valence-electron chi connectivity index (χ0n) is 14.4. The Hall–Kier alpha value is -3.74. The standard InChI is InChI=1S/C20H17N5O2/c26-19-14(7-4-10-22-19)8-11-23-20(27)15-9-12-21-18-16(15)24-17(25-18)13-5-2-1-3-6-13/h1-7,9-10,12H,8,11H2,(H,22,26)(H,23,27)(H,21,24,25). The fourth-order valence-corrected chi connectivity index (χ4v) is 2.89. The second-order valence-electron chi connectivity index (χ2n) is 6.04. The number of amides is 1. The third kappa shape index (κ3) is 3.48. The molecule has 3 heterocycles. The van der Waals surface area contributed by atoms with Crippen LogP contribution in [0, 0.1) is 0 Å². The van der Waals surface area contributed by atoms with Crippen LogP contribution in [-0.2, 0) is 6.42 Å². The fourth-order valence-electron chi connectivity index (χ4n) is 2.89. The molecule has 0 radical (unpaired) electrons. The lowest BCUT2D eigenvalue weighted by Gasteiger charge is -2.05. The average Bonchev–Trinajstić information content (AvgIpc) is 3.14. The SMILES string of the molecule is O=C(NCCc1ccc[nH]c1=O)c1ccnc2[nH]c(-c3ccccc3)nc12. The van der Waals surface area contributed by atoms with Crippen LogP contribution in [0.2, 0.25) is 0 Å². The van der Waals surface area contributed by atoms with Crippen molar-refractivity contribution < 1.29 is 4.79 Å². The minimum Gasteiger partial charge on any atom is -0.352 e. The van der Waals surface area contributed by atoms with E-state index >= 15 is 0 Å². The van der Waals surface area contributed by atoms with Gasteiger partial charge in [-0.25, -0.2) is 9.97 Å². The molecule has 0 spiro atoms. The maximum atomic E-state index is 12.6. The van der Waals surface area contributed by atoms with Gasteiger partial charge in [-0.1, -0.05) is 36.4 Å². The molecule has 0 saturated carbocycles.